The van der Waals surface area contributed by atoms with Crippen LogP contribution >= 0.6 is 0 Å². The molecule has 0 saturated carbocycles. The van der Waals surface area contributed by atoms with Gasteiger partial charge < -0.3 is 10.4 Å². The Hall–Kier alpha value is -2.46. The zero-order valence-electron chi connectivity index (χ0n) is 19.5. The summed E-state index contributed by atoms with van der Waals surface area (Å²) < 4.78 is 0. The highest BCUT2D eigenvalue weighted by molar-refractivity contribution is 6.13. The maximum absolute atomic E-state index is 13.9. The summed E-state index contributed by atoms with van der Waals surface area (Å²) in [5, 5.41) is 13.9. The molecule has 8 atom stereocenters. The molecule has 1 aliphatic heterocycles. The Morgan fingerprint density at radius 3 is 2.53 bits per heavy atom. The number of rotatable bonds is 2. The van der Waals surface area contributed by atoms with Crippen molar-refractivity contribution in [2.24, 2.45) is 35.0 Å². The normalized spacial score (nSPS) is 39.5. The van der Waals surface area contributed by atoms with Gasteiger partial charge in [-0.05, 0) is 43.2 Å². The Morgan fingerprint density at radius 1 is 1.09 bits per heavy atom. The summed E-state index contributed by atoms with van der Waals surface area (Å²) in [6.45, 7) is 8.22. The molecule has 170 valence electrons. The van der Waals surface area contributed by atoms with E-state index in [-0.39, 0.29) is 47.3 Å². The molecule has 0 radical (unpaired) electrons. The van der Waals surface area contributed by atoms with Gasteiger partial charge in [-0.2, -0.15) is 0 Å². The number of aliphatic hydroxyl groups is 1. The van der Waals surface area contributed by atoms with Crippen LogP contribution in [0.4, 0.5) is 0 Å². The third kappa shape index (κ3) is 3.69. The minimum atomic E-state index is -1.15. The smallest absolute Gasteiger partial charge is 0.235 e. The molecule has 1 aromatic carbocycles. The maximum Gasteiger partial charge on any atom is 0.235 e. The van der Waals surface area contributed by atoms with Gasteiger partial charge in [-0.1, -0.05) is 81.0 Å². The maximum atomic E-state index is 13.9. The lowest BCUT2D eigenvalue weighted by molar-refractivity contribution is -0.142. The van der Waals surface area contributed by atoms with E-state index in [1.165, 1.54) is 5.57 Å². The number of nitrogens with one attached hydrogen (secondary N) is 1. The predicted molar refractivity (Wildman–Crippen MR) is 127 cm³/mol. The minimum Gasteiger partial charge on any atom is -0.392 e. The first kappa shape index (κ1) is 22.7. The average molecular weight is 434 g/mol. The standard InChI is InChI=1S/C28H35NO3/c1-17-9-8-12-22-15-19(3)20(4)25-23(16-21-10-6-5-7-11-21)29-27(32)28(22,25)24(30)14-13-18(2)26(17)31/h5-8,10-15,17-18,20,22-23,25-26,31H,9,16H2,1-4H3,(H,29,32)/t17-,18-,20+,22-,23-,25-,26+,28+/m1/s1. The van der Waals surface area contributed by atoms with Crippen molar-refractivity contribution in [2.45, 2.75) is 52.7 Å². The molecule has 1 spiro atoms. The number of carbonyl (C=O) groups is 2. The van der Waals surface area contributed by atoms with Gasteiger partial charge >= 0.3 is 0 Å². The van der Waals surface area contributed by atoms with E-state index in [0.717, 1.165) is 5.56 Å². The average Bonchev–Trinajstić information content (AvgIpc) is 3.07. The molecule has 1 saturated heterocycles. The van der Waals surface area contributed by atoms with Crippen LogP contribution in [0.3, 0.4) is 0 Å². The number of hydrogen-bond acceptors (Lipinski definition) is 3. The number of carbonyl (C=O) groups excluding carboxylic acids is 2. The van der Waals surface area contributed by atoms with Crippen LogP contribution in [0, 0.1) is 35.0 Å². The number of amides is 1. The highest BCUT2D eigenvalue weighted by atomic mass is 16.3. The molecule has 0 bridgehead atoms. The van der Waals surface area contributed by atoms with E-state index >= 15 is 0 Å². The van der Waals surface area contributed by atoms with Gasteiger partial charge in [0.1, 0.15) is 5.41 Å². The SMILES string of the molecule is CC1=C[C@H]2C=CC[C@@H](C)[C@H](O)[C@H](C)C=CC(=O)[C@@]23C(=O)N[C@H](Cc2ccccc2)[C@H]3[C@H]1C. The largest absolute Gasteiger partial charge is 0.392 e. The Bertz CT molecular complexity index is 962. The van der Waals surface area contributed by atoms with Crippen molar-refractivity contribution in [3.63, 3.8) is 0 Å². The molecule has 4 heteroatoms. The predicted octanol–water partition coefficient (Wildman–Crippen LogP) is 4.26. The first-order chi connectivity index (χ1) is 15.3. The number of benzene rings is 1. The van der Waals surface area contributed by atoms with Crippen molar-refractivity contribution in [1.82, 2.24) is 5.32 Å². The molecule has 1 aromatic rings. The monoisotopic (exact) mass is 433 g/mol. The van der Waals surface area contributed by atoms with Crippen molar-refractivity contribution in [3.8, 4) is 0 Å². The van der Waals surface area contributed by atoms with Crippen molar-refractivity contribution in [2.75, 3.05) is 0 Å². The van der Waals surface area contributed by atoms with Crippen molar-refractivity contribution in [1.29, 1.82) is 0 Å². The van der Waals surface area contributed by atoms with Crippen LogP contribution in [0.5, 0.6) is 0 Å². The lowest BCUT2D eigenvalue weighted by Crippen LogP contribution is -2.51. The second-order valence-corrected chi connectivity index (χ2v) is 10.1. The van der Waals surface area contributed by atoms with Crippen molar-refractivity contribution < 1.29 is 14.7 Å². The lowest BCUT2D eigenvalue weighted by atomic mass is 9.55. The quantitative estimate of drug-likeness (QED) is 0.541. The Kier molecular flexibility index (Phi) is 6.26. The van der Waals surface area contributed by atoms with Crippen LogP contribution in [0.2, 0.25) is 0 Å². The fraction of sp³-hybridized carbons (Fsp3) is 0.500. The van der Waals surface area contributed by atoms with Gasteiger partial charge in [0.2, 0.25) is 5.91 Å². The number of ketones is 1. The number of aliphatic hydroxyl groups excluding tert-OH is 1. The Morgan fingerprint density at radius 2 is 1.81 bits per heavy atom. The van der Waals surface area contributed by atoms with Gasteiger partial charge in [0.05, 0.1) is 6.10 Å². The summed E-state index contributed by atoms with van der Waals surface area (Å²) in [5.74, 6) is -0.710. The van der Waals surface area contributed by atoms with Crippen LogP contribution in [0.25, 0.3) is 0 Å². The highest BCUT2D eigenvalue weighted by Gasteiger charge is 2.64. The molecule has 1 fully saturated rings. The van der Waals surface area contributed by atoms with Crippen molar-refractivity contribution in [3.05, 3.63) is 71.8 Å². The molecule has 4 rings (SSSR count). The molecular weight excluding hydrogens is 398 g/mol. The number of hydrogen-bond donors (Lipinski definition) is 2. The highest BCUT2D eigenvalue weighted by Crippen LogP contribution is 2.54. The molecule has 2 aliphatic carbocycles. The van der Waals surface area contributed by atoms with Crippen LogP contribution in [0.15, 0.2) is 66.3 Å². The van der Waals surface area contributed by atoms with Gasteiger partial charge in [-0.25, -0.2) is 0 Å². The summed E-state index contributed by atoms with van der Waals surface area (Å²) >= 11 is 0. The van der Waals surface area contributed by atoms with E-state index in [2.05, 4.69) is 43.4 Å². The van der Waals surface area contributed by atoms with Crippen LogP contribution in [0.1, 0.15) is 39.7 Å². The third-order valence-electron chi connectivity index (χ3n) is 8.11. The van der Waals surface area contributed by atoms with Gasteiger partial charge in [0.25, 0.3) is 0 Å². The van der Waals surface area contributed by atoms with E-state index in [0.29, 0.717) is 12.8 Å². The van der Waals surface area contributed by atoms with Crippen LogP contribution < -0.4 is 5.32 Å². The fourth-order valence-electron chi connectivity index (χ4n) is 6.09. The Balaban J connectivity index is 1.83. The van der Waals surface area contributed by atoms with Gasteiger partial charge in [0.15, 0.2) is 5.78 Å². The summed E-state index contributed by atoms with van der Waals surface area (Å²) in [6.07, 6.45) is 10.5. The fourth-order valence-corrected chi connectivity index (χ4v) is 6.09. The van der Waals surface area contributed by atoms with E-state index in [9.17, 15) is 14.7 Å². The zero-order valence-corrected chi connectivity index (χ0v) is 19.5. The topological polar surface area (TPSA) is 66.4 Å². The van der Waals surface area contributed by atoms with E-state index < -0.39 is 11.5 Å². The molecule has 1 amide bonds. The first-order valence-corrected chi connectivity index (χ1v) is 11.9. The molecule has 2 N–H and O–H groups in total. The molecule has 1 heterocycles. The molecule has 32 heavy (non-hydrogen) atoms. The van der Waals surface area contributed by atoms with E-state index in [1.807, 2.05) is 38.1 Å². The van der Waals surface area contributed by atoms with Gasteiger partial charge in [0, 0.05) is 23.8 Å². The molecule has 0 unspecified atom stereocenters. The number of allylic oxidation sites excluding steroid dienone is 5. The van der Waals surface area contributed by atoms with Crippen LogP contribution in [-0.2, 0) is 16.0 Å². The van der Waals surface area contributed by atoms with E-state index in [1.54, 1.807) is 12.2 Å². The van der Waals surface area contributed by atoms with Gasteiger partial charge in [-0.3, -0.25) is 9.59 Å². The molecular formula is C28H35NO3. The molecule has 0 aromatic heterocycles. The summed E-state index contributed by atoms with van der Waals surface area (Å²) in [5.41, 5.74) is 1.23. The lowest BCUT2D eigenvalue weighted by Gasteiger charge is -2.44. The minimum absolute atomic E-state index is 0.0710. The van der Waals surface area contributed by atoms with E-state index in [4.69, 9.17) is 0 Å². The summed E-state index contributed by atoms with van der Waals surface area (Å²) in [6, 6.07) is 10.1. The first-order valence-electron chi connectivity index (χ1n) is 11.9. The summed E-state index contributed by atoms with van der Waals surface area (Å²) in [4.78, 5) is 27.6. The van der Waals surface area contributed by atoms with Crippen LogP contribution in [-0.4, -0.2) is 28.9 Å². The zero-order chi connectivity index (χ0) is 23.0. The third-order valence-corrected chi connectivity index (χ3v) is 8.11. The second-order valence-electron chi connectivity index (χ2n) is 10.1. The van der Waals surface area contributed by atoms with Gasteiger partial charge in [-0.15, -0.1) is 0 Å². The van der Waals surface area contributed by atoms with Crippen molar-refractivity contribution >= 4 is 11.7 Å². The summed E-state index contributed by atoms with van der Waals surface area (Å²) in [7, 11) is 0. The molecule has 3 aliphatic rings. The molecule has 4 nitrogen and oxygen atoms in total. The second kappa shape index (κ2) is 8.82. The Labute approximate surface area is 191 Å².